The lowest BCUT2D eigenvalue weighted by Gasteiger charge is -2.30. The molecule has 1 atom stereocenters. The van der Waals surface area contributed by atoms with Gasteiger partial charge in [0.05, 0.1) is 6.04 Å². The van der Waals surface area contributed by atoms with Crippen molar-refractivity contribution in [2.75, 3.05) is 19.6 Å². The molecule has 2 fully saturated rings. The zero-order valence-electron chi connectivity index (χ0n) is 15.7. The van der Waals surface area contributed by atoms with E-state index in [1.807, 2.05) is 4.90 Å². The predicted molar refractivity (Wildman–Crippen MR) is 96.2 cm³/mol. The number of carbonyl (C=O) groups excluding carboxylic acids is 2. The van der Waals surface area contributed by atoms with E-state index in [9.17, 15) is 9.59 Å². The molecule has 1 aliphatic carbocycles. The van der Waals surface area contributed by atoms with Gasteiger partial charge in [0, 0.05) is 45.4 Å². The van der Waals surface area contributed by atoms with Gasteiger partial charge in [0.25, 0.3) is 0 Å². The number of nitrogens with zero attached hydrogens (tertiary/aromatic N) is 5. The highest BCUT2D eigenvalue weighted by molar-refractivity contribution is 5.79. The number of rotatable bonds is 2. The Morgan fingerprint density at radius 1 is 0.923 bits per heavy atom. The molecule has 1 saturated carbocycles. The zero-order valence-corrected chi connectivity index (χ0v) is 15.7. The summed E-state index contributed by atoms with van der Waals surface area (Å²) in [6.45, 7) is 4.56. The fourth-order valence-electron chi connectivity index (χ4n) is 4.79. The highest BCUT2D eigenvalue weighted by Gasteiger charge is 2.37. The Balaban J connectivity index is 1.53. The highest BCUT2D eigenvalue weighted by Crippen LogP contribution is 2.35. The Morgan fingerprint density at radius 2 is 1.73 bits per heavy atom. The molecular formula is C19H29N5O2. The van der Waals surface area contributed by atoms with Crippen molar-refractivity contribution in [3.8, 4) is 0 Å². The summed E-state index contributed by atoms with van der Waals surface area (Å²) in [7, 11) is 0. The number of carbonyl (C=O) groups is 2. The Morgan fingerprint density at radius 3 is 2.50 bits per heavy atom. The van der Waals surface area contributed by atoms with Gasteiger partial charge in [0.1, 0.15) is 5.82 Å². The van der Waals surface area contributed by atoms with Gasteiger partial charge in [-0.15, -0.1) is 10.2 Å². The molecular weight excluding hydrogens is 330 g/mol. The lowest BCUT2D eigenvalue weighted by Crippen LogP contribution is -2.37. The first-order valence-corrected chi connectivity index (χ1v) is 10.1. The van der Waals surface area contributed by atoms with Crippen LogP contribution in [0.4, 0.5) is 0 Å². The molecule has 0 aromatic carbocycles. The minimum Gasteiger partial charge on any atom is -0.341 e. The maximum absolute atomic E-state index is 13.1. The van der Waals surface area contributed by atoms with Crippen LogP contribution in [-0.2, 0) is 22.6 Å². The van der Waals surface area contributed by atoms with Gasteiger partial charge in [0.15, 0.2) is 5.82 Å². The molecule has 7 nitrogen and oxygen atoms in total. The van der Waals surface area contributed by atoms with Crippen LogP contribution in [0.5, 0.6) is 0 Å². The van der Waals surface area contributed by atoms with Crippen LogP contribution in [0.1, 0.15) is 69.6 Å². The molecule has 26 heavy (non-hydrogen) atoms. The minimum absolute atomic E-state index is 0.0505. The number of amides is 2. The van der Waals surface area contributed by atoms with Crippen molar-refractivity contribution in [2.24, 2.45) is 5.92 Å². The standard InChI is InChI=1S/C19H29N5O2/c1-14(25)22-11-9-17-20-21-18(24(17)13-12-22)16-8-5-10-23(16)19(26)15-6-3-2-4-7-15/h15-16H,2-13H2,1H3/t16-/m1/s1. The molecule has 0 unspecified atom stereocenters. The van der Waals surface area contributed by atoms with Crippen molar-refractivity contribution in [3.05, 3.63) is 11.6 Å². The second-order valence-electron chi connectivity index (χ2n) is 7.91. The van der Waals surface area contributed by atoms with Gasteiger partial charge < -0.3 is 14.4 Å². The first-order valence-electron chi connectivity index (χ1n) is 10.1. The van der Waals surface area contributed by atoms with Crippen molar-refractivity contribution in [1.29, 1.82) is 0 Å². The van der Waals surface area contributed by atoms with Gasteiger partial charge >= 0.3 is 0 Å². The van der Waals surface area contributed by atoms with E-state index < -0.39 is 0 Å². The molecule has 3 aliphatic rings. The van der Waals surface area contributed by atoms with E-state index >= 15 is 0 Å². The molecule has 2 amide bonds. The van der Waals surface area contributed by atoms with Crippen LogP contribution >= 0.6 is 0 Å². The van der Waals surface area contributed by atoms with Crippen LogP contribution < -0.4 is 0 Å². The summed E-state index contributed by atoms with van der Waals surface area (Å²) < 4.78 is 2.17. The van der Waals surface area contributed by atoms with E-state index in [4.69, 9.17) is 0 Å². The summed E-state index contributed by atoms with van der Waals surface area (Å²) >= 11 is 0. The Kier molecular flexibility index (Phi) is 4.96. The van der Waals surface area contributed by atoms with Gasteiger partial charge in [-0.25, -0.2) is 0 Å². The summed E-state index contributed by atoms with van der Waals surface area (Å²) in [4.78, 5) is 28.8. The Labute approximate surface area is 154 Å². The van der Waals surface area contributed by atoms with E-state index in [1.165, 1.54) is 19.3 Å². The fraction of sp³-hybridized carbons (Fsp3) is 0.789. The fourth-order valence-corrected chi connectivity index (χ4v) is 4.79. The van der Waals surface area contributed by atoms with E-state index in [1.54, 1.807) is 6.92 Å². The maximum atomic E-state index is 13.1. The molecule has 1 saturated heterocycles. The van der Waals surface area contributed by atoms with Crippen molar-refractivity contribution >= 4 is 11.8 Å². The van der Waals surface area contributed by atoms with Gasteiger partial charge in [-0.1, -0.05) is 19.3 Å². The zero-order chi connectivity index (χ0) is 18.1. The largest absolute Gasteiger partial charge is 0.341 e. The van der Waals surface area contributed by atoms with Gasteiger partial charge in [0.2, 0.25) is 11.8 Å². The van der Waals surface area contributed by atoms with E-state index in [2.05, 4.69) is 19.7 Å². The van der Waals surface area contributed by atoms with E-state index in [0.717, 1.165) is 56.8 Å². The normalized spacial score (nSPS) is 24.4. The Hall–Kier alpha value is -1.92. The molecule has 0 N–H and O–H groups in total. The Bertz CT molecular complexity index is 679. The van der Waals surface area contributed by atoms with Crippen molar-refractivity contribution in [3.63, 3.8) is 0 Å². The molecule has 3 heterocycles. The smallest absolute Gasteiger partial charge is 0.226 e. The second-order valence-corrected chi connectivity index (χ2v) is 7.91. The molecule has 0 bridgehead atoms. The van der Waals surface area contributed by atoms with Crippen LogP contribution in [0, 0.1) is 5.92 Å². The summed E-state index contributed by atoms with van der Waals surface area (Å²) in [5.74, 6) is 2.50. The minimum atomic E-state index is 0.0505. The number of aromatic nitrogens is 3. The first kappa shape index (κ1) is 17.5. The number of likely N-dealkylation sites (tertiary alicyclic amines) is 1. The van der Waals surface area contributed by atoms with E-state index in [0.29, 0.717) is 19.0 Å². The lowest BCUT2D eigenvalue weighted by molar-refractivity contribution is -0.137. The maximum Gasteiger partial charge on any atom is 0.226 e. The molecule has 0 radical (unpaired) electrons. The monoisotopic (exact) mass is 359 g/mol. The van der Waals surface area contributed by atoms with Gasteiger partial charge in [-0.2, -0.15) is 0 Å². The van der Waals surface area contributed by atoms with Crippen molar-refractivity contribution < 1.29 is 9.59 Å². The second kappa shape index (κ2) is 7.37. The summed E-state index contributed by atoms with van der Waals surface area (Å²) in [5.41, 5.74) is 0. The van der Waals surface area contributed by atoms with Crippen LogP contribution in [0.2, 0.25) is 0 Å². The molecule has 142 valence electrons. The van der Waals surface area contributed by atoms with E-state index in [-0.39, 0.29) is 17.9 Å². The topological polar surface area (TPSA) is 71.3 Å². The van der Waals surface area contributed by atoms with Crippen LogP contribution in [0.25, 0.3) is 0 Å². The summed E-state index contributed by atoms with van der Waals surface area (Å²) in [5, 5.41) is 8.88. The third kappa shape index (κ3) is 3.23. The van der Waals surface area contributed by atoms with Gasteiger partial charge in [-0.3, -0.25) is 9.59 Å². The van der Waals surface area contributed by atoms with Crippen LogP contribution in [0.3, 0.4) is 0 Å². The molecule has 4 rings (SSSR count). The molecule has 0 spiro atoms. The van der Waals surface area contributed by atoms with Crippen LogP contribution in [0.15, 0.2) is 0 Å². The van der Waals surface area contributed by atoms with Gasteiger partial charge in [-0.05, 0) is 25.7 Å². The number of hydrogen-bond acceptors (Lipinski definition) is 4. The number of fused-ring (bicyclic) bond motifs is 1. The first-order chi connectivity index (χ1) is 12.6. The van der Waals surface area contributed by atoms with Crippen molar-refractivity contribution in [2.45, 2.75) is 70.9 Å². The molecule has 1 aromatic rings. The third-order valence-electron chi connectivity index (χ3n) is 6.29. The molecule has 7 heteroatoms. The SMILES string of the molecule is CC(=O)N1CCc2nnc([C@H]3CCCN3C(=O)C3CCCCC3)n2CC1. The molecule has 1 aromatic heterocycles. The van der Waals surface area contributed by atoms with Crippen LogP contribution in [-0.4, -0.2) is 56.0 Å². The molecule has 2 aliphatic heterocycles. The predicted octanol–water partition coefficient (Wildman–Crippen LogP) is 1.93. The summed E-state index contributed by atoms with van der Waals surface area (Å²) in [6, 6.07) is 0.0505. The number of hydrogen-bond donors (Lipinski definition) is 0. The third-order valence-corrected chi connectivity index (χ3v) is 6.29. The highest BCUT2D eigenvalue weighted by atomic mass is 16.2. The average molecular weight is 359 g/mol. The van der Waals surface area contributed by atoms with Crippen molar-refractivity contribution in [1.82, 2.24) is 24.6 Å². The summed E-state index contributed by atoms with van der Waals surface area (Å²) in [6.07, 6.45) is 8.42. The lowest BCUT2D eigenvalue weighted by atomic mass is 9.88. The average Bonchev–Trinajstić information content (AvgIpc) is 3.23. The quantitative estimate of drug-likeness (QED) is 0.809.